The van der Waals surface area contributed by atoms with Crippen molar-refractivity contribution < 1.29 is 19.4 Å². The van der Waals surface area contributed by atoms with E-state index in [1.807, 2.05) is 18.9 Å². The lowest BCUT2D eigenvalue weighted by molar-refractivity contribution is -0.132. The van der Waals surface area contributed by atoms with Crippen LogP contribution in [0.1, 0.15) is 22.9 Å². The van der Waals surface area contributed by atoms with Crippen LogP contribution < -0.4 is 14.5 Å². The van der Waals surface area contributed by atoms with Crippen LogP contribution >= 0.6 is 11.6 Å². The maximum absolute atomic E-state index is 13.3. The van der Waals surface area contributed by atoms with Gasteiger partial charge in [0.05, 0.1) is 23.5 Å². The summed E-state index contributed by atoms with van der Waals surface area (Å²) in [6.45, 7) is 3.08. The molecule has 0 bridgehead atoms. The summed E-state index contributed by atoms with van der Waals surface area (Å²) in [7, 11) is 1.93. The molecule has 1 amide bonds. The van der Waals surface area contributed by atoms with E-state index in [2.05, 4.69) is 4.98 Å². The average molecular weight is 476 g/mol. The molecule has 1 saturated heterocycles. The predicted octanol–water partition coefficient (Wildman–Crippen LogP) is 4.50. The number of ketones is 1. The topological polar surface area (TPSA) is 83.0 Å². The Morgan fingerprint density at radius 2 is 1.94 bits per heavy atom. The molecule has 2 aliphatic rings. The highest BCUT2D eigenvalue weighted by Crippen LogP contribution is 2.43. The minimum Gasteiger partial charge on any atom is -0.507 e. The molecule has 0 saturated carbocycles. The molecule has 1 atom stereocenters. The number of fused-ring (bicyclic) bond motifs is 1. The maximum Gasteiger partial charge on any atom is 0.300 e. The van der Waals surface area contributed by atoms with E-state index in [1.165, 1.54) is 4.90 Å². The van der Waals surface area contributed by atoms with E-state index in [0.717, 1.165) is 11.3 Å². The van der Waals surface area contributed by atoms with E-state index in [4.69, 9.17) is 16.3 Å². The third kappa shape index (κ3) is 3.58. The summed E-state index contributed by atoms with van der Waals surface area (Å²) in [6, 6.07) is 14.7. The first-order chi connectivity index (χ1) is 16.4. The Morgan fingerprint density at radius 1 is 1.12 bits per heavy atom. The predicted molar refractivity (Wildman–Crippen MR) is 130 cm³/mol. The molecule has 3 heterocycles. The van der Waals surface area contributed by atoms with Gasteiger partial charge < -0.3 is 14.7 Å². The van der Waals surface area contributed by atoms with Gasteiger partial charge in [0.25, 0.3) is 11.7 Å². The number of benzene rings is 2. The lowest BCUT2D eigenvalue weighted by Crippen LogP contribution is -2.30. The van der Waals surface area contributed by atoms with Crippen LogP contribution in [0.25, 0.3) is 5.76 Å². The van der Waals surface area contributed by atoms with E-state index in [9.17, 15) is 14.7 Å². The second kappa shape index (κ2) is 8.50. The van der Waals surface area contributed by atoms with Crippen LogP contribution in [0.3, 0.4) is 0 Å². The monoisotopic (exact) mass is 475 g/mol. The summed E-state index contributed by atoms with van der Waals surface area (Å²) < 4.78 is 5.69. The number of hydrogen-bond acceptors (Lipinski definition) is 6. The summed E-state index contributed by atoms with van der Waals surface area (Å²) in [4.78, 5) is 34.4. The van der Waals surface area contributed by atoms with Gasteiger partial charge in [-0.1, -0.05) is 17.7 Å². The van der Waals surface area contributed by atoms with Crippen LogP contribution in [0, 0.1) is 6.92 Å². The number of carbonyl (C=O) groups is 2. The van der Waals surface area contributed by atoms with Crippen LogP contribution in [0.2, 0.25) is 5.02 Å². The number of rotatable bonds is 3. The molecule has 172 valence electrons. The standard InChI is InChI=1S/C26H22ClN3O4/c1-15-13-17(27)7-8-19(15)30-23(18-5-3-4-10-28-18)22(25(32)26(30)33)24(31)16-6-9-21-20(14-16)29(2)11-12-34-21/h3-10,13-14,23,31H,11-12H2,1-2H3/b24-22-. The summed E-state index contributed by atoms with van der Waals surface area (Å²) in [5, 5.41) is 11.9. The number of carbonyl (C=O) groups excluding carboxylic acids is 2. The van der Waals surface area contributed by atoms with Gasteiger partial charge in [-0.2, -0.15) is 0 Å². The number of ether oxygens (including phenoxy) is 1. The van der Waals surface area contributed by atoms with Gasteiger partial charge in [0.2, 0.25) is 0 Å². The summed E-state index contributed by atoms with van der Waals surface area (Å²) in [6.07, 6.45) is 1.59. The van der Waals surface area contributed by atoms with Crippen LogP contribution in [-0.2, 0) is 9.59 Å². The van der Waals surface area contributed by atoms with Crippen molar-refractivity contribution in [3.8, 4) is 5.75 Å². The number of aliphatic hydroxyl groups is 1. The second-order valence-corrected chi connectivity index (χ2v) is 8.74. The number of hydrogen-bond donors (Lipinski definition) is 1. The highest BCUT2D eigenvalue weighted by molar-refractivity contribution is 6.51. The van der Waals surface area contributed by atoms with Gasteiger partial charge in [0.15, 0.2) is 0 Å². The highest BCUT2D eigenvalue weighted by atomic mass is 35.5. The molecular weight excluding hydrogens is 454 g/mol. The van der Waals surface area contributed by atoms with E-state index in [0.29, 0.717) is 40.9 Å². The molecule has 1 unspecified atom stereocenters. The highest BCUT2D eigenvalue weighted by Gasteiger charge is 2.48. The zero-order valence-corrected chi connectivity index (χ0v) is 19.4. The average Bonchev–Trinajstić information content (AvgIpc) is 3.10. The van der Waals surface area contributed by atoms with Gasteiger partial charge in [-0.25, -0.2) is 0 Å². The third-order valence-corrected chi connectivity index (χ3v) is 6.39. The number of aromatic nitrogens is 1. The summed E-state index contributed by atoms with van der Waals surface area (Å²) in [5.41, 5.74) is 2.92. The normalized spacial score (nSPS) is 19.2. The number of anilines is 2. The molecule has 5 rings (SSSR count). The molecule has 0 aliphatic carbocycles. The third-order valence-electron chi connectivity index (χ3n) is 6.16. The fourth-order valence-corrected chi connectivity index (χ4v) is 4.67. The van der Waals surface area contributed by atoms with Crippen LogP contribution in [-0.4, -0.2) is 42.0 Å². The molecule has 2 aromatic carbocycles. The molecule has 1 fully saturated rings. The van der Waals surface area contributed by atoms with E-state index in [-0.39, 0.29) is 11.3 Å². The first-order valence-electron chi connectivity index (χ1n) is 10.8. The molecule has 0 radical (unpaired) electrons. The second-order valence-electron chi connectivity index (χ2n) is 8.31. The molecular formula is C26H22ClN3O4. The maximum atomic E-state index is 13.3. The molecule has 8 heteroatoms. The largest absolute Gasteiger partial charge is 0.507 e. The Morgan fingerprint density at radius 3 is 2.68 bits per heavy atom. The van der Waals surface area contributed by atoms with Crippen LogP contribution in [0.15, 0.2) is 66.4 Å². The van der Waals surface area contributed by atoms with Crippen molar-refractivity contribution in [3.63, 3.8) is 0 Å². The van der Waals surface area contributed by atoms with Crippen LogP contribution in [0.4, 0.5) is 11.4 Å². The zero-order valence-electron chi connectivity index (χ0n) is 18.7. The van der Waals surface area contributed by atoms with E-state index in [1.54, 1.807) is 60.8 Å². The fraction of sp³-hybridized carbons (Fsp3) is 0.192. The minimum absolute atomic E-state index is 0.0163. The Kier molecular flexibility index (Phi) is 5.49. The number of likely N-dealkylation sites (N-methyl/N-ethyl adjacent to an activating group) is 1. The Labute approximate surface area is 201 Å². The lowest BCUT2D eigenvalue weighted by Gasteiger charge is -2.28. The van der Waals surface area contributed by atoms with Crippen molar-refractivity contribution in [2.75, 3.05) is 30.0 Å². The fourth-order valence-electron chi connectivity index (χ4n) is 4.44. The Balaban J connectivity index is 1.71. The van der Waals surface area contributed by atoms with Crippen molar-refractivity contribution in [2.24, 2.45) is 0 Å². The number of aliphatic hydroxyl groups excluding tert-OH is 1. The molecule has 34 heavy (non-hydrogen) atoms. The molecule has 3 aromatic rings. The molecule has 7 nitrogen and oxygen atoms in total. The minimum atomic E-state index is -0.897. The van der Waals surface area contributed by atoms with Crippen molar-refractivity contribution in [3.05, 3.63) is 88.2 Å². The lowest BCUT2D eigenvalue weighted by atomic mass is 9.97. The van der Waals surface area contributed by atoms with Gasteiger partial charge in [-0.15, -0.1) is 0 Å². The zero-order chi connectivity index (χ0) is 24.0. The molecule has 1 aromatic heterocycles. The van der Waals surface area contributed by atoms with Gasteiger partial charge >= 0.3 is 0 Å². The molecule has 1 N–H and O–H groups in total. The number of amides is 1. The van der Waals surface area contributed by atoms with Crippen LogP contribution in [0.5, 0.6) is 5.75 Å². The smallest absolute Gasteiger partial charge is 0.300 e. The summed E-state index contributed by atoms with van der Waals surface area (Å²) in [5.74, 6) is -1.07. The SMILES string of the molecule is Cc1cc(Cl)ccc1N1C(=O)C(=O)/C(=C(\O)c2ccc3c(c2)N(C)CCO3)C1c1ccccn1. The number of Topliss-reactive ketones (excluding diaryl/α,β-unsaturated/α-hetero) is 1. The number of aryl methyl sites for hydroxylation is 1. The van der Waals surface area contributed by atoms with Gasteiger partial charge in [0.1, 0.15) is 24.2 Å². The number of nitrogens with zero attached hydrogens (tertiary/aromatic N) is 3. The summed E-state index contributed by atoms with van der Waals surface area (Å²) >= 11 is 6.12. The number of pyridine rings is 1. The van der Waals surface area contributed by atoms with Crippen molar-refractivity contribution >= 4 is 40.4 Å². The quantitative estimate of drug-likeness (QED) is 0.341. The Bertz CT molecular complexity index is 1340. The van der Waals surface area contributed by atoms with Crippen molar-refractivity contribution in [2.45, 2.75) is 13.0 Å². The van der Waals surface area contributed by atoms with Gasteiger partial charge in [-0.05, 0) is 61.0 Å². The first-order valence-corrected chi connectivity index (χ1v) is 11.2. The Hall–Kier alpha value is -3.84. The van der Waals surface area contributed by atoms with E-state index < -0.39 is 17.7 Å². The molecule has 0 spiro atoms. The van der Waals surface area contributed by atoms with Crippen molar-refractivity contribution in [1.82, 2.24) is 4.98 Å². The van der Waals surface area contributed by atoms with E-state index >= 15 is 0 Å². The van der Waals surface area contributed by atoms with Gasteiger partial charge in [0, 0.05) is 29.5 Å². The van der Waals surface area contributed by atoms with Gasteiger partial charge in [-0.3, -0.25) is 19.5 Å². The molecule has 2 aliphatic heterocycles. The van der Waals surface area contributed by atoms with Crippen molar-refractivity contribution in [1.29, 1.82) is 0 Å². The number of halogens is 1. The first kappa shape index (κ1) is 22.0.